The third kappa shape index (κ3) is 1.74. The fourth-order valence-electron chi connectivity index (χ4n) is 1.35. The maximum absolute atomic E-state index is 11.1. The van der Waals surface area contributed by atoms with Gasteiger partial charge in [-0.3, -0.25) is 4.79 Å². The van der Waals surface area contributed by atoms with Gasteiger partial charge in [0.25, 0.3) is 0 Å². The smallest absolute Gasteiger partial charge is 0.248 e. The first-order chi connectivity index (χ1) is 6.75. The van der Waals surface area contributed by atoms with Gasteiger partial charge in [-0.15, -0.1) is 0 Å². The summed E-state index contributed by atoms with van der Waals surface area (Å²) in [5.41, 5.74) is 3.04. The summed E-state index contributed by atoms with van der Waals surface area (Å²) in [6.45, 7) is 2.04. The molecule has 0 atom stereocenters. The van der Waals surface area contributed by atoms with Gasteiger partial charge in [0, 0.05) is 11.8 Å². The number of rotatable bonds is 1. The molecule has 1 aromatic heterocycles. The van der Waals surface area contributed by atoms with Gasteiger partial charge in [-0.2, -0.15) is 0 Å². The van der Waals surface area contributed by atoms with Crippen molar-refractivity contribution >= 4 is 0 Å². The van der Waals surface area contributed by atoms with Gasteiger partial charge in [-0.25, -0.2) is 0 Å². The standard InChI is InChI=1S/C12H11NO/c1-9-5-7-10(8-6-9)11-3-2-4-12(14)13-11/h2-8H,1H3,(H,13,14). The Balaban J connectivity index is 2.50. The topological polar surface area (TPSA) is 32.9 Å². The van der Waals surface area contributed by atoms with Crippen LogP contribution in [0.4, 0.5) is 0 Å². The summed E-state index contributed by atoms with van der Waals surface area (Å²) in [5.74, 6) is 0. The molecule has 1 aromatic carbocycles. The molecule has 0 aliphatic rings. The molecule has 0 radical (unpaired) electrons. The van der Waals surface area contributed by atoms with E-state index in [-0.39, 0.29) is 5.56 Å². The van der Waals surface area contributed by atoms with Crippen molar-refractivity contribution in [2.75, 3.05) is 0 Å². The second-order valence-corrected chi connectivity index (χ2v) is 3.29. The number of hydrogen-bond donors (Lipinski definition) is 1. The average Bonchev–Trinajstić information content (AvgIpc) is 2.19. The highest BCUT2D eigenvalue weighted by atomic mass is 16.1. The lowest BCUT2D eigenvalue weighted by atomic mass is 10.1. The number of pyridine rings is 1. The summed E-state index contributed by atoms with van der Waals surface area (Å²) < 4.78 is 0. The maximum atomic E-state index is 11.1. The first kappa shape index (κ1) is 8.75. The van der Waals surface area contributed by atoms with Crippen LogP contribution in [0.25, 0.3) is 11.3 Å². The fourth-order valence-corrected chi connectivity index (χ4v) is 1.35. The molecule has 0 fully saturated rings. The molecule has 0 bridgehead atoms. The summed E-state index contributed by atoms with van der Waals surface area (Å²) in [6, 6.07) is 13.2. The monoisotopic (exact) mass is 185 g/mol. The Labute approximate surface area is 82.2 Å². The molecule has 0 saturated heterocycles. The van der Waals surface area contributed by atoms with E-state index in [0.29, 0.717) is 0 Å². The molecular weight excluding hydrogens is 174 g/mol. The first-order valence-electron chi connectivity index (χ1n) is 4.52. The van der Waals surface area contributed by atoms with E-state index in [1.807, 2.05) is 37.3 Å². The molecule has 0 spiro atoms. The van der Waals surface area contributed by atoms with Crippen LogP contribution in [0.3, 0.4) is 0 Å². The molecule has 0 saturated carbocycles. The van der Waals surface area contributed by atoms with E-state index >= 15 is 0 Å². The number of aromatic nitrogens is 1. The van der Waals surface area contributed by atoms with E-state index in [0.717, 1.165) is 11.3 Å². The predicted octanol–water partition coefficient (Wildman–Crippen LogP) is 2.35. The number of H-pyrrole nitrogens is 1. The van der Waals surface area contributed by atoms with Gasteiger partial charge in [0.2, 0.25) is 5.56 Å². The van der Waals surface area contributed by atoms with Gasteiger partial charge in [0.15, 0.2) is 0 Å². The van der Waals surface area contributed by atoms with Crippen molar-refractivity contribution in [2.24, 2.45) is 0 Å². The quantitative estimate of drug-likeness (QED) is 0.726. The molecule has 0 amide bonds. The van der Waals surface area contributed by atoms with E-state index < -0.39 is 0 Å². The Kier molecular flexibility index (Phi) is 2.19. The van der Waals surface area contributed by atoms with Crippen LogP contribution < -0.4 is 5.56 Å². The molecule has 70 valence electrons. The number of hydrogen-bond acceptors (Lipinski definition) is 1. The molecule has 2 rings (SSSR count). The maximum Gasteiger partial charge on any atom is 0.248 e. The van der Waals surface area contributed by atoms with Crippen molar-refractivity contribution in [3.63, 3.8) is 0 Å². The second kappa shape index (κ2) is 3.50. The molecule has 0 unspecified atom stereocenters. The second-order valence-electron chi connectivity index (χ2n) is 3.29. The molecule has 1 N–H and O–H groups in total. The van der Waals surface area contributed by atoms with E-state index in [2.05, 4.69) is 4.98 Å². The Hall–Kier alpha value is -1.83. The highest BCUT2D eigenvalue weighted by Gasteiger charge is 1.96. The molecule has 2 nitrogen and oxygen atoms in total. The summed E-state index contributed by atoms with van der Waals surface area (Å²) in [6.07, 6.45) is 0. The van der Waals surface area contributed by atoms with Gasteiger partial charge in [0.1, 0.15) is 0 Å². The molecule has 2 heteroatoms. The third-order valence-electron chi connectivity index (χ3n) is 2.13. The van der Waals surface area contributed by atoms with E-state index in [1.165, 1.54) is 11.6 Å². The summed E-state index contributed by atoms with van der Waals surface area (Å²) in [7, 11) is 0. The lowest BCUT2D eigenvalue weighted by Gasteiger charge is -2.00. The summed E-state index contributed by atoms with van der Waals surface area (Å²) in [5, 5.41) is 0. The number of aromatic amines is 1. The van der Waals surface area contributed by atoms with E-state index in [1.54, 1.807) is 6.07 Å². The number of aryl methyl sites for hydroxylation is 1. The SMILES string of the molecule is Cc1ccc(-c2cccc(=O)[nH]2)cc1. The molecule has 0 aliphatic heterocycles. The zero-order chi connectivity index (χ0) is 9.97. The van der Waals surface area contributed by atoms with Crippen molar-refractivity contribution < 1.29 is 0 Å². The minimum absolute atomic E-state index is 0.0666. The van der Waals surface area contributed by atoms with Crippen LogP contribution in [0.2, 0.25) is 0 Å². The lowest BCUT2D eigenvalue weighted by Crippen LogP contribution is -2.03. The minimum atomic E-state index is -0.0666. The van der Waals surface area contributed by atoms with Crippen molar-refractivity contribution in [3.05, 3.63) is 58.4 Å². The van der Waals surface area contributed by atoms with Crippen LogP contribution in [-0.4, -0.2) is 4.98 Å². The number of benzene rings is 1. The van der Waals surface area contributed by atoms with E-state index in [9.17, 15) is 4.79 Å². The lowest BCUT2D eigenvalue weighted by molar-refractivity contribution is 1.24. The molecular formula is C12H11NO. The van der Waals surface area contributed by atoms with Gasteiger partial charge < -0.3 is 4.98 Å². The third-order valence-corrected chi connectivity index (χ3v) is 2.13. The Morgan fingerprint density at radius 1 is 1.00 bits per heavy atom. The number of nitrogens with one attached hydrogen (secondary N) is 1. The molecule has 14 heavy (non-hydrogen) atoms. The normalized spacial score (nSPS) is 10.1. The summed E-state index contributed by atoms with van der Waals surface area (Å²) in [4.78, 5) is 13.9. The molecule has 1 heterocycles. The largest absolute Gasteiger partial charge is 0.322 e. The van der Waals surface area contributed by atoms with Gasteiger partial charge >= 0.3 is 0 Å². The zero-order valence-corrected chi connectivity index (χ0v) is 7.95. The highest BCUT2D eigenvalue weighted by molar-refractivity contribution is 5.58. The van der Waals surface area contributed by atoms with Crippen molar-refractivity contribution in [1.29, 1.82) is 0 Å². The van der Waals surface area contributed by atoms with Crippen molar-refractivity contribution in [2.45, 2.75) is 6.92 Å². The first-order valence-corrected chi connectivity index (χ1v) is 4.52. The van der Waals surface area contributed by atoms with Gasteiger partial charge in [-0.1, -0.05) is 35.9 Å². The van der Waals surface area contributed by atoms with E-state index in [4.69, 9.17) is 0 Å². The van der Waals surface area contributed by atoms with Crippen LogP contribution in [0.1, 0.15) is 5.56 Å². The zero-order valence-electron chi connectivity index (χ0n) is 7.95. The predicted molar refractivity (Wildman–Crippen MR) is 57.2 cm³/mol. The van der Waals surface area contributed by atoms with Crippen LogP contribution in [-0.2, 0) is 0 Å². The van der Waals surface area contributed by atoms with Crippen LogP contribution in [0.15, 0.2) is 47.3 Å². The highest BCUT2D eigenvalue weighted by Crippen LogP contribution is 2.15. The van der Waals surface area contributed by atoms with Gasteiger partial charge in [-0.05, 0) is 18.6 Å². The molecule has 2 aromatic rings. The van der Waals surface area contributed by atoms with Gasteiger partial charge in [0.05, 0.1) is 0 Å². The average molecular weight is 185 g/mol. The van der Waals surface area contributed by atoms with Crippen LogP contribution in [0, 0.1) is 6.92 Å². The minimum Gasteiger partial charge on any atom is -0.322 e. The van der Waals surface area contributed by atoms with Crippen molar-refractivity contribution in [3.8, 4) is 11.3 Å². The Morgan fingerprint density at radius 2 is 1.71 bits per heavy atom. The summed E-state index contributed by atoms with van der Waals surface area (Å²) >= 11 is 0. The van der Waals surface area contributed by atoms with Crippen molar-refractivity contribution in [1.82, 2.24) is 4.98 Å². The Bertz CT molecular complexity index is 482. The van der Waals surface area contributed by atoms with Crippen LogP contribution in [0.5, 0.6) is 0 Å². The van der Waals surface area contributed by atoms with Crippen LogP contribution >= 0.6 is 0 Å². The Morgan fingerprint density at radius 3 is 2.36 bits per heavy atom. The molecule has 0 aliphatic carbocycles. The fraction of sp³-hybridized carbons (Fsp3) is 0.0833.